The first kappa shape index (κ1) is 18.1. The minimum absolute atomic E-state index is 0.0428. The highest BCUT2D eigenvalue weighted by atomic mass is 16.5. The van der Waals surface area contributed by atoms with Crippen molar-refractivity contribution in [1.82, 2.24) is 20.4 Å². The molecule has 0 aliphatic carbocycles. The van der Waals surface area contributed by atoms with Crippen LogP contribution in [0.1, 0.15) is 39.0 Å². The second kappa shape index (κ2) is 9.12. The second-order valence-corrected chi connectivity index (χ2v) is 5.85. The van der Waals surface area contributed by atoms with E-state index in [1.54, 1.807) is 12.4 Å². The van der Waals surface area contributed by atoms with Crippen molar-refractivity contribution in [1.29, 1.82) is 0 Å². The van der Waals surface area contributed by atoms with Gasteiger partial charge >= 0.3 is 0 Å². The van der Waals surface area contributed by atoms with Crippen LogP contribution in [0.15, 0.2) is 29.0 Å². The number of aromatic nitrogens is 3. The van der Waals surface area contributed by atoms with Gasteiger partial charge in [-0.2, -0.15) is 4.98 Å². The van der Waals surface area contributed by atoms with Crippen molar-refractivity contribution in [2.24, 2.45) is 5.92 Å². The number of rotatable bonds is 9. The van der Waals surface area contributed by atoms with Crippen molar-refractivity contribution in [3.05, 3.63) is 30.4 Å². The van der Waals surface area contributed by atoms with Crippen LogP contribution < -0.4 is 5.32 Å². The number of aliphatic hydroxyl groups is 1. The molecule has 7 nitrogen and oxygen atoms in total. The molecule has 130 valence electrons. The predicted molar refractivity (Wildman–Crippen MR) is 88.9 cm³/mol. The van der Waals surface area contributed by atoms with Gasteiger partial charge in [-0.05, 0) is 24.5 Å². The molecule has 0 aromatic carbocycles. The molecule has 0 aliphatic heterocycles. The summed E-state index contributed by atoms with van der Waals surface area (Å²) in [4.78, 5) is 20.3. The normalized spacial score (nSPS) is 13.5. The number of carbonyl (C=O) groups excluding carboxylic acids is 1. The van der Waals surface area contributed by atoms with Gasteiger partial charge in [0.1, 0.15) is 0 Å². The molecule has 0 saturated carbocycles. The lowest BCUT2D eigenvalue weighted by Gasteiger charge is -2.22. The van der Waals surface area contributed by atoms with Gasteiger partial charge in [0.05, 0.1) is 12.6 Å². The highest BCUT2D eigenvalue weighted by molar-refractivity contribution is 5.76. The van der Waals surface area contributed by atoms with Crippen molar-refractivity contribution in [2.45, 2.75) is 45.6 Å². The quantitative estimate of drug-likeness (QED) is 0.728. The maximum atomic E-state index is 12.0. The van der Waals surface area contributed by atoms with E-state index in [1.165, 1.54) is 0 Å². The smallest absolute Gasteiger partial charge is 0.226 e. The number of aliphatic hydroxyl groups excluding tert-OH is 1. The lowest BCUT2D eigenvalue weighted by molar-refractivity contribution is -0.122. The Balaban J connectivity index is 1.78. The van der Waals surface area contributed by atoms with Crippen LogP contribution in [0.5, 0.6) is 0 Å². The Bertz CT molecular complexity index is 630. The van der Waals surface area contributed by atoms with Crippen LogP contribution >= 0.6 is 0 Å². The number of nitrogens with one attached hydrogen (secondary N) is 1. The molecule has 2 aromatic rings. The van der Waals surface area contributed by atoms with E-state index in [-0.39, 0.29) is 24.5 Å². The van der Waals surface area contributed by atoms with Gasteiger partial charge in [0.25, 0.3) is 0 Å². The lowest BCUT2D eigenvalue weighted by Crippen LogP contribution is -2.41. The van der Waals surface area contributed by atoms with Crippen LogP contribution in [0.4, 0.5) is 0 Å². The third-order valence-electron chi connectivity index (χ3n) is 4.06. The van der Waals surface area contributed by atoms with Crippen LogP contribution in [-0.2, 0) is 11.2 Å². The van der Waals surface area contributed by atoms with Crippen LogP contribution in [0.2, 0.25) is 0 Å². The maximum Gasteiger partial charge on any atom is 0.226 e. The number of carbonyl (C=O) groups is 1. The van der Waals surface area contributed by atoms with Gasteiger partial charge in [-0.1, -0.05) is 25.4 Å². The summed E-state index contributed by atoms with van der Waals surface area (Å²) in [6.07, 6.45) is 5.77. The monoisotopic (exact) mass is 332 g/mol. The van der Waals surface area contributed by atoms with Crippen molar-refractivity contribution < 1.29 is 14.4 Å². The van der Waals surface area contributed by atoms with Gasteiger partial charge in [-0.15, -0.1) is 0 Å². The van der Waals surface area contributed by atoms with E-state index in [2.05, 4.69) is 20.4 Å². The summed E-state index contributed by atoms with van der Waals surface area (Å²) in [6.45, 7) is 4.01. The molecular weight excluding hydrogens is 308 g/mol. The van der Waals surface area contributed by atoms with Gasteiger partial charge in [0, 0.05) is 30.8 Å². The largest absolute Gasteiger partial charge is 0.394 e. The number of hydrogen-bond acceptors (Lipinski definition) is 6. The highest BCUT2D eigenvalue weighted by Crippen LogP contribution is 2.14. The Morgan fingerprint density at radius 3 is 2.96 bits per heavy atom. The van der Waals surface area contributed by atoms with E-state index in [1.807, 2.05) is 26.0 Å². The molecule has 2 atom stereocenters. The van der Waals surface area contributed by atoms with Crippen molar-refractivity contribution in [3.8, 4) is 11.4 Å². The van der Waals surface area contributed by atoms with E-state index in [9.17, 15) is 9.90 Å². The molecule has 2 N–H and O–H groups in total. The third-order valence-corrected chi connectivity index (χ3v) is 4.06. The molecule has 24 heavy (non-hydrogen) atoms. The first-order valence-corrected chi connectivity index (χ1v) is 8.27. The van der Waals surface area contributed by atoms with Gasteiger partial charge in [-0.25, -0.2) is 0 Å². The lowest BCUT2D eigenvalue weighted by atomic mass is 10.00. The number of aryl methyl sites for hydroxylation is 1. The average Bonchev–Trinajstić information content (AvgIpc) is 3.08. The zero-order valence-electron chi connectivity index (χ0n) is 14.1. The maximum absolute atomic E-state index is 12.0. The third kappa shape index (κ3) is 5.13. The van der Waals surface area contributed by atoms with Crippen LogP contribution in [-0.4, -0.2) is 38.8 Å². The minimum atomic E-state index is -0.192. The van der Waals surface area contributed by atoms with Gasteiger partial charge in [-0.3, -0.25) is 9.78 Å². The molecule has 2 rings (SSSR count). The van der Waals surface area contributed by atoms with E-state index in [0.29, 0.717) is 31.0 Å². The topological polar surface area (TPSA) is 101 Å². The molecule has 0 unspecified atom stereocenters. The van der Waals surface area contributed by atoms with Crippen molar-refractivity contribution >= 4 is 5.91 Å². The Morgan fingerprint density at radius 1 is 1.46 bits per heavy atom. The molecule has 0 radical (unpaired) electrons. The number of amides is 1. The molecule has 7 heteroatoms. The highest BCUT2D eigenvalue weighted by Gasteiger charge is 2.17. The van der Waals surface area contributed by atoms with Gasteiger partial charge in [0.15, 0.2) is 0 Å². The summed E-state index contributed by atoms with van der Waals surface area (Å²) >= 11 is 0. The van der Waals surface area contributed by atoms with Crippen LogP contribution in [0, 0.1) is 5.92 Å². The fourth-order valence-corrected chi connectivity index (χ4v) is 2.30. The molecule has 2 heterocycles. The molecule has 2 aromatic heterocycles. The van der Waals surface area contributed by atoms with Gasteiger partial charge < -0.3 is 14.9 Å². The fourth-order valence-electron chi connectivity index (χ4n) is 2.30. The van der Waals surface area contributed by atoms with Gasteiger partial charge in [0.2, 0.25) is 17.6 Å². The molecule has 0 fully saturated rings. The molecule has 0 aliphatic rings. The number of nitrogens with zero attached hydrogens (tertiary/aromatic N) is 3. The number of pyridine rings is 1. The first-order valence-electron chi connectivity index (χ1n) is 8.27. The molecular formula is C17H24N4O3. The standard InChI is InChI=1S/C17H24N4O3/c1-3-12(2)14(11-22)19-15(23)7-4-8-16-20-17(21-24-16)13-6-5-9-18-10-13/h5-6,9-10,12,14,22H,3-4,7-8,11H2,1-2H3,(H,19,23)/t12-,14-/m0/s1. The summed E-state index contributed by atoms with van der Waals surface area (Å²) in [5.74, 6) is 1.18. The first-order chi connectivity index (χ1) is 11.6. The molecule has 1 amide bonds. The van der Waals surface area contributed by atoms with Crippen LogP contribution in [0.25, 0.3) is 11.4 Å². The minimum Gasteiger partial charge on any atom is -0.394 e. The summed E-state index contributed by atoms with van der Waals surface area (Å²) in [5.41, 5.74) is 0.796. The van der Waals surface area contributed by atoms with Crippen molar-refractivity contribution in [3.63, 3.8) is 0 Å². The Morgan fingerprint density at radius 2 is 2.29 bits per heavy atom. The number of hydrogen-bond donors (Lipinski definition) is 2. The summed E-state index contributed by atoms with van der Waals surface area (Å²) < 4.78 is 5.20. The van der Waals surface area contributed by atoms with Crippen LogP contribution in [0.3, 0.4) is 0 Å². The zero-order chi connectivity index (χ0) is 17.4. The fraction of sp³-hybridized carbons (Fsp3) is 0.529. The molecule has 0 saturated heterocycles. The molecule has 0 bridgehead atoms. The summed E-state index contributed by atoms with van der Waals surface area (Å²) in [6, 6.07) is 3.48. The van der Waals surface area contributed by atoms with E-state index < -0.39 is 0 Å². The summed E-state index contributed by atoms with van der Waals surface area (Å²) in [5, 5.41) is 16.1. The Labute approximate surface area is 141 Å². The van der Waals surface area contributed by atoms with Crippen molar-refractivity contribution in [2.75, 3.05) is 6.61 Å². The Hall–Kier alpha value is -2.28. The van der Waals surface area contributed by atoms with E-state index in [0.717, 1.165) is 12.0 Å². The SMILES string of the molecule is CC[C@H](C)[C@H](CO)NC(=O)CCCc1nc(-c2cccnc2)no1. The summed E-state index contributed by atoms with van der Waals surface area (Å²) in [7, 11) is 0. The average molecular weight is 332 g/mol. The predicted octanol–water partition coefficient (Wildman–Crippen LogP) is 1.98. The Kier molecular flexibility index (Phi) is 6.87. The zero-order valence-corrected chi connectivity index (χ0v) is 14.1. The molecule has 0 spiro atoms. The van der Waals surface area contributed by atoms with E-state index in [4.69, 9.17) is 4.52 Å². The second-order valence-electron chi connectivity index (χ2n) is 5.85. The van der Waals surface area contributed by atoms with E-state index >= 15 is 0 Å².